The molecular formula is C18H24FN5. The summed E-state index contributed by atoms with van der Waals surface area (Å²) in [5, 5.41) is 3.33. The molecule has 0 unspecified atom stereocenters. The molecule has 2 aromatic rings. The van der Waals surface area contributed by atoms with Gasteiger partial charge in [-0.15, -0.1) is 0 Å². The molecule has 0 saturated carbocycles. The third kappa shape index (κ3) is 4.41. The highest BCUT2D eigenvalue weighted by molar-refractivity contribution is 5.75. The standard InChI is InChI=1S/C18H24FN5/c19-15-7-4-6-14(12-15)16-13-22-18(20)23-17(16)21-8-5-11-24-9-2-1-3-10-24/h4,6-7,12-13H,1-3,5,8-11H2,(H3,20,21,22,23). The lowest BCUT2D eigenvalue weighted by Crippen LogP contribution is -2.31. The van der Waals surface area contributed by atoms with Crippen LogP contribution in [-0.2, 0) is 0 Å². The summed E-state index contributed by atoms with van der Waals surface area (Å²) in [6.07, 6.45) is 6.64. The van der Waals surface area contributed by atoms with E-state index >= 15 is 0 Å². The van der Waals surface area contributed by atoms with E-state index in [-0.39, 0.29) is 11.8 Å². The molecule has 3 rings (SSSR count). The number of halogens is 1. The van der Waals surface area contributed by atoms with Crippen LogP contribution in [0.25, 0.3) is 11.1 Å². The predicted molar refractivity (Wildman–Crippen MR) is 95.2 cm³/mol. The molecular weight excluding hydrogens is 305 g/mol. The van der Waals surface area contributed by atoms with Gasteiger partial charge in [-0.2, -0.15) is 4.98 Å². The molecule has 1 saturated heterocycles. The number of nitrogens with zero attached hydrogens (tertiary/aromatic N) is 3. The third-order valence-electron chi connectivity index (χ3n) is 4.34. The van der Waals surface area contributed by atoms with Crippen molar-refractivity contribution < 1.29 is 4.39 Å². The number of hydrogen-bond acceptors (Lipinski definition) is 5. The topological polar surface area (TPSA) is 67.1 Å². The number of anilines is 2. The Morgan fingerprint density at radius 3 is 2.83 bits per heavy atom. The number of nitrogens with one attached hydrogen (secondary N) is 1. The van der Waals surface area contributed by atoms with Crippen molar-refractivity contribution in [3.05, 3.63) is 36.3 Å². The molecule has 0 aliphatic carbocycles. The summed E-state index contributed by atoms with van der Waals surface area (Å²) in [7, 11) is 0. The van der Waals surface area contributed by atoms with Crippen LogP contribution in [0.2, 0.25) is 0 Å². The lowest BCUT2D eigenvalue weighted by molar-refractivity contribution is 0.228. The van der Waals surface area contributed by atoms with Crippen molar-refractivity contribution in [1.82, 2.24) is 14.9 Å². The van der Waals surface area contributed by atoms with Gasteiger partial charge in [0.05, 0.1) is 0 Å². The summed E-state index contributed by atoms with van der Waals surface area (Å²) in [6, 6.07) is 6.43. The number of nitrogens with two attached hydrogens (primary N) is 1. The van der Waals surface area contributed by atoms with Crippen LogP contribution in [0.1, 0.15) is 25.7 Å². The molecule has 1 aliphatic heterocycles. The Morgan fingerprint density at radius 1 is 1.21 bits per heavy atom. The number of rotatable bonds is 6. The summed E-state index contributed by atoms with van der Waals surface area (Å²) in [4.78, 5) is 10.8. The summed E-state index contributed by atoms with van der Waals surface area (Å²) in [6.45, 7) is 4.29. The van der Waals surface area contributed by atoms with Gasteiger partial charge in [0, 0.05) is 18.3 Å². The quantitative estimate of drug-likeness (QED) is 0.797. The van der Waals surface area contributed by atoms with Gasteiger partial charge in [-0.05, 0) is 56.6 Å². The van der Waals surface area contributed by atoms with E-state index in [4.69, 9.17) is 5.73 Å². The molecule has 0 radical (unpaired) electrons. The highest BCUT2D eigenvalue weighted by atomic mass is 19.1. The predicted octanol–water partition coefficient (Wildman–Crippen LogP) is 3.15. The zero-order valence-electron chi connectivity index (χ0n) is 13.8. The second-order valence-corrected chi connectivity index (χ2v) is 6.18. The van der Waals surface area contributed by atoms with Crippen molar-refractivity contribution in [3.8, 4) is 11.1 Å². The van der Waals surface area contributed by atoms with Crippen LogP contribution in [0.15, 0.2) is 30.5 Å². The number of aromatic nitrogens is 2. The Morgan fingerprint density at radius 2 is 2.04 bits per heavy atom. The van der Waals surface area contributed by atoms with Gasteiger partial charge in [-0.3, -0.25) is 0 Å². The molecule has 1 aromatic heterocycles. The fourth-order valence-corrected chi connectivity index (χ4v) is 3.09. The summed E-state index contributed by atoms with van der Waals surface area (Å²) in [5.41, 5.74) is 7.22. The molecule has 0 atom stereocenters. The first-order valence-electron chi connectivity index (χ1n) is 8.57. The Labute approximate surface area is 142 Å². The molecule has 1 aliphatic rings. The van der Waals surface area contributed by atoms with Gasteiger partial charge in [-0.25, -0.2) is 9.37 Å². The van der Waals surface area contributed by atoms with E-state index in [1.165, 1.54) is 44.5 Å². The van der Waals surface area contributed by atoms with E-state index in [0.717, 1.165) is 30.6 Å². The van der Waals surface area contributed by atoms with Crippen molar-refractivity contribution in [1.29, 1.82) is 0 Å². The highest BCUT2D eigenvalue weighted by Crippen LogP contribution is 2.26. The molecule has 5 nitrogen and oxygen atoms in total. The number of benzene rings is 1. The van der Waals surface area contributed by atoms with E-state index < -0.39 is 0 Å². The van der Waals surface area contributed by atoms with Crippen LogP contribution in [0.4, 0.5) is 16.2 Å². The zero-order valence-corrected chi connectivity index (χ0v) is 13.8. The van der Waals surface area contributed by atoms with Crippen LogP contribution in [0, 0.1) is 5.82 Å². The molecule has 6 heteroatoms. The summed E-state index contributed by atoms with van der Waals surface area (Å²) >= 11 is 0. The van der Waals surface area contributed by atoms with Crippen LogP contribution < -0.4 is 11.1 Å². The first-order valence-corrected chi connectivity index (χ1v) is 8.57. The Kier molecular flexibility index (Phi) is 5.59. The van der Waals surface area contributed by atoms with Crippen molar-refractivity contribution in [3.63, 3.8) is 0 Å². The normalized spacial score (nSPS) is 15.4. The minimum Gasteiger partial charge on any atom is -0.369 e. The molecule has 0 bridgehead atoms. The average molecular weight is 329 g/mol. The molecule has 1 aromatic carbocycles. The van der Waals surface area contributed by atoms with Crippen molar-refractivity contribution in [2.24, 2.45) is 0 Å². The van der Waals surface area contributed by atoms with Gasteiger partial charge in [0.15, 0.2) is 0 Å². The lowest BCUT2D eigenvalue weighted by Gasteiger charge is -2.26. The molecule has 24 heavy (non-hydrogen) atoms. The van der Waals surface area contributed by atoms with Crippen molar-refractivity contribution in [2.75, 3.05) is 37.2 Å². The van der Waals surface area contributed by atoms with Gasteiger partial charge in [0.2, 0.25) is 5.95 Å². The van der Waals surface area contributed by atoms with Crippen molar-refractivity contribution >= 4 is 11.8 Å². The molecule has 0 spiro atoms. The number of hydrogen-bond donors (Lipinski definition) is 2. The lowest BCUT2D eigenvalue weighted by atomic mass is 10.1. The number of likely N-dealkylation sites (tertiary alicyclic amines) is 1. The minimum absolute atomic E-state index is 0.216. The van der Waals surface area contributed by atoms with E-state index in [0.29, 0.717) is 5.82 Å². The van der Waals surface area contributed by atoms with E-state index in [1.54, 1.807) is 12.3 Å². The Balaban J connectivity index is 1.63. The van der Waals surface area contributed by atoms with Gasteiger partial charge >= 0.3 is 0 Å². The number of piperidine rings is 1. The average Bonchev–Trinajstić information content (AvgIpc) is 2.60. The zero-order chi connectivity index (χ0) is 16.8. The van der Waals surface area contributed by atoms with Crippen molar-refractivity contribution in [2.45, 2.75) is 25.7 Å². The van der Waals surface area contributed by atoms with Gasteiger partial charge < -0.3 is 16.0 Å². The van der Waals surface area contributed by atoms with E-state index in [1.807, 2.05) is 6.07 Å². The summed E-state index contributed by atoms with van der Waals surface area (Å²) < 4.78 is 13.5. The molecule has 0 amide bonds. The maximum atomic E-state index is 13.5. The maximum absolute atomic E-state index is 13.5. The highest BCUT2D eigenvalue weighted by Gasteiger charge is 2.11. The maximum Gasteiger partial charge on any atom is 0.221 e. The minimum atomic E-state index is -0.277. The molecule has 3 N–H and O–H groups in total. The Hall–Kier alpha value is -2.21. The Bertz CT molecular complexity index is 670. The molecule has 1 fully saturated rings. The van der Waals surface area contributed by atoms with E-state index in [2.05, 4.69) is 20.2 Å². The second-order valence-electron chi connectivity index (χ2n) is 6.18. The van der Waals surface area contributed by atoms with Gasteiger partial charge in [0.1, 0.15) is 11.6 Å². The fourth-order valence-electron chi connectivity index (χ4n) is 3.09. The van der Waals surface area contributed by atoms with Gasteiger partial charge in [-0.1, -0.05) is 18.6 Å². The van der Waals surface area contributed by atoms with E-state index in [9.17, 15) is 4.39 Å². The number of nitrogen functional groups attached to an aromatic ring is 1. The third-order valence-corrected chi connectivity index (χ3v) is 4.34. The SMILES string of the molecule is Nc1ncc(-c2cccc(F)c2)c(NCCCN2CCCCC2)n1. The van der Waals surface area contributed by atoms with Crippen LogP contribution in [-0.4, -0.2) is 41.0 Å². The molecule has 2 heterocycles. The van der Waals surface area contributed by atoms with Gasteiger partial charge in [0.25, 0.3) is 0 Å². The van der Waals surface area contributed by atoms with Crippen LogP contribution in [0.3, 0.4) is 0 Å². The fraction of sp³-hybridized carbons (Fsp3) is 0.444. The van der Waals surface area contributed by atoms with Crippen LogP contribution >= 0.6 is 0 Å². The summed E-state index contributed by atoms with van der Waals surface area (Å²) in [5.74, 6) is 0.598. The first-order chi connectivity index (χ1) is 11.7. The smallest absolute Gasteiger partial charge is 0.221 e. The second kappa shape index (κ2) is 8.06. The largest absolute Gasteiger partial charge is 0.369 e. The van der Waals surface area contributed by atoms with Crippen LogP contribution in [0.5, 0.6) is 0 Å². The molecule has 128 valence electrons. The monoisotopic (exact) mass is 329 g/mol. The first kappa shape index (κ1) is 16.6.